The van der Waals surface area contributed by atoms with Gasteiger partial charge in [-0.3, -0.25) is 14.8 Å². The molecule has 0 aliphatic heterocycles. The Balaban J connectivity index is 2.25. The normalized spacial score (nSPS) is 14.0. The maximum Gasteiger partial charge on any atom is 0.455 e. The summed E-state index contributed by atoms with van der Waals surface area (Å²) >= 11 is 0. The summed E-state index contributed by atoms with van der Waals surface area (Å²) in [7, 11) is -1.55. The summed E-state index contributed by atoms with van der Waals surface area (Å²) in [5, 5.41) is 19.3. The molecule has 2 atom stereocenters. The van der Waals surface area contributed by atoms with E-state index in [2.05, 4.69) is 15.0 Å². The molecule has 7 nitrogen and oxygen atoms in total. The van der Waals surface area contributed by atoms with Gasteiger partial charge >= 0.3 is 7.12 Å². The van der Waals surface area contributed by atoms with Crippen LogP contribution in [-0.4, -0.2) is 44.8 Å². The Hall–Kier alpha value is -2.58. The molecule has 0 saturated heterocycles. The van der Waals surface area contributed by atoms with Gasteiger partial charge in [-0.15, -0.1) is 0 Å². The second-order valence-electron chi connectivity index (χ2n) is 7.28. The topological polar surface area (TPSA) is 122 Å². The number of carbonyl (C=O) groups is 1. The van der Waals surface area contributed by atoms with Crippen molar-refractivity contribution < 1.29 is 14.8 Å². The van der Waals surface area contributed by atoms with Crippen LogP contribution in [0.1, 0.15) is 37.9 Å². The van der Waals surface area contributed by atoms with Gasteiger partial charge < -0.3 is 15.8 Å². The van der Waals surface area contributed by atoms with Gasteiger partial charge in [-0.1, -0.05) is 44.2 Å². The number of hydrogen-bond acceptors (Lipinski definition) is 6. The molecule has 0 unspecified atom stereocenters. The van der Waals surface area contributed by atoms with E-state index in [-0.39, 0.29) is 24.0 Å². The first-order valence-electron chi connectivity index (χ1n) is 9.39. The number of ketones is 1. The number of aromatic nitrogens is 2. The molecular weight excluding hydrogens is 355 g/mol. The summed E-state index contributed by atoms with van der Waals surface area (Å²) in [6, 6.07) is 8.79. The van der Waals surface area contributed by atoms with Crippen molar-refractivity contribution in [2.24, 2.45) is 16.6 Å². The number of nitrogens with two attached hydrogens (primary N) is 1. The molecule has 1 heterocycles. The predicted octanol–water partition coefficient (Wildman–Crippen LogP) is 1.64. The Bertz CT molecular complexity index is 770. The van der Waals surface area contributed by atoms with Gasteiger partial charge in [-0.05, 0) is 17.9 Å². The van der Waals surface area contributed by atoms with Crippen LogP contribution in [0, 0.1) is 5.92 Å². The average Bonchev–Trinajstić information content (AvgIpc) is 2.68. The Morgan fingerprint density at radius 2 is 1.93 bits per heavy atom. The minimum Gasteiger partial charge on any atom is -0.427 e. The van der Waals surface area contributed by atoms with Crippen molar-refractivity contribution >= 4 is 18.7 Å². The number of Topliss-reactive ketones (excluding diaryl/α,β-unsaturated/α-hetero) is 1. The Kier molecular flexibility index (Phi) is 8.29. The van der Waals surface area contributed by atoms with Crippen molar-refractivity contribution in [2.45, 2.75) is 45.0 Å². The predicted molar refractivity (Wildman–Crippen MR) is 110 cm³/mol. The van der Waals surface area contributed by atoms with Crippen LogP contribution < -0.4 is 5.73 Å². The van der Waals surface area contributed by atoms with Crippen LogP contribution in [0.25, 0.3) is 0 Å². The highest BCUT2D eigenvalue weighted by molar-refractivity contribution is 6.43. The van der Waals surface area contributed by atoms with Crippen LogP contribution in [0.15, 0.2) is 53.9 Å². The van der Waals surface area contributed by atoms with Gasteiger partial charge in [0, 0.05) is 31.1 Å². The van der Waals surface area contributed by atoms with E-state index in [0.717, 1.165) is 5.56 Å². The molecule has 8 heteroatoms. The maximum absolute atomic E-state index is 13.0. The van der Waals surface area contributed by atoms with Crippen LogP contribution in [0.5, 0.6) is 0 Å². The molecule has 2 rings (SSSR count). The number of carbonyl (C=O) groups excluding carboxylic acids is 1. The van der Waals surface area contributed by atoms with Gasteiger partial charge in [-0.25, -0.2) is 4.98 Å². The third-order valence-electron chi connectivity index (χ3n) is 4.42. The summed E-state index contributed by atoms with van der Waals surface area (Å²) in [5.74, 6) is -0.360. The van der Waals surface area contributed by atoms with E-state index >= 15 is 0 Å². The summed E-state index contributed by atoms with van der Waals surface area (Å²) in [6.45, 7) is 3.96. The standard InChI is InChI=1S/C20H27BN4O3/c1-14(2)10-16(21(27)28)12-19(26)17(11-15-6-4-3-5-7-15)25-20(22)18-13-23-8-9-24-18/h3-9,13-14,16-17,27-28H,10-12H2,1-2H3,(H2,22,25)/t16-,17+/m1/s1. The lowest BCUT2D eigenvalue weighted by molar-refractivity contribution is -0.120. The molecule has 0 aliphatic carbocycles. The third-order valence-corrected chi connectivity index (χ3v) is 4.42. The van der Waals surface area contributed by atoms with E-state index in [1.807, 2.05) is 44.2 Å². The lowest BCUT2D eigenvalue weighted by Crippen LogP contribution is -2.31. The maximum atomic E-state index is 13.0. The molecule has 1 aromatic carbocycles. The van der Waals surface area contributed by atoms with Crippen LogP contribution in [0.3, 0.4) is 0 Å². The van der Waals surface area contributed by atoms with Crippen LogP contribution in [0.2, 0.25) is 5.82 Å². The van der Waals surface area contributed by atoms with Gasteiger partial charge in [0.1, 0.15) is 17.6 Å². The van der Waals surface area contributed by atoms with Crippen molar-refractivity contribution in [3.05, 3.63) is 60.2 Å². The highest BCUT2D eigenvalue weighted by Gasteiger charge is 2.30. The van der Waals surface area contributed by atoms with Crippen molar-refractivity contribution in [1.29, 1.82) is 0 Å². The first kappa shape index (κ1) is 21.7. The van der Waals surface area contributed by atoms with Gasteiger partial charge in [0.05, 0.1) is 6.20 Å². The molecule has 2 aromatic rings. The molecular formula is C20H27BN4O3. The second-order valence-corrected chi connectivity index (χ2v) is 7.28. The SMILES string of the molecule is CC(C)C[C@H](CC(=O)[C@H](Cc1ccccc1)N=C(N)c1cnccn1)B(O)O. The number of aliphatic imine (C=N–C) groups is 1. The summed E-state index contributed by atoms with van der Waals surface area (Å²) in [6.07, 6.45) is 5.45. The Morgan fingerprint density at radius 3 is 2.50 bits per heavy atom. The number of hydrogen-bond donors (Lipinski definition) is 3. The summed E-state index contributed by atoms with van der Waals surface area (Å²) in [5.41, 5.74) is 7.40. The molecule has 1 aromatic heterocycles. The van der Waals surface area contributed by atoms with Gasteiger partial charge in [-0.2, -0.15) is 0 Å². The largest absolute Gasteiger partial charge is 0.455 e. The minimum absolute atomic E-state index is 0.0184. The fourth-order valence-electron chi connectivity index (χ4n) is 3.04. The fraction of sp³-hybridized carbons (Fsp3) is 0.400. The second kappa shape index (κ2) is 10.7. The van der Waals surface area contributed by atoms with Crippen molar-refractivity contribution in [1.82, 2.24) is 9.97 Å². The molecule has 0 saturated carbocycles. The van der Waals surface area contributed by atoms with E-state index in [0.29, 0.717) is 18.5 Å². The van der Waals surface area contributed by atoms with E-state index in [1.54, 1.807) is 0 Å². The summed E-state index contributed by atoms with van der Waals surface area (Å²) in [4.78, 5) is 25.5. The van der Waals surface area contributed by atoms with E-state index in [1.165, 1.54) is 18.6 Å². The fourth-order valence-corrected chi connectivity index (χ4v) is 3.04. The lowest BCUT2D eigenvalue weighted by Gasteiger charge is -2.20. The molecule has 0 aliphatic rings. The van der Waals surface area contributed by atoms with Crippen LogP contribution >= 0.6 is 0 Å². The van der Waals surface area contributed by atoms with E-state index in [4.69, 9.17) is 5.73 Å². The van der Waals surface area contributed by atoms with Crippen molar-refractivity contribution in [3.8, 4) is 0 Å². The molecule has 4 N–H and O–H groups in total. The monoisotopic (exact) mass is 382 g/mol. The van der Waals surface area contributed by atoms with Gasteiger partial charge in [0.2, 0.25) is 0 Å². The van der Waals surface area contributed by atoms with Gasteiger partial charge in [0.25, 0.3) is 0 Å². The van der Waals surface area contributed by atoms with Crippen molar-refractivity contribution in [2.75, 3.05) is 0 Å². The molecule has 148 valence electrons. The quantitative estimate of drug-likeness (QED) is 0.326. The zero-order valence-corrected chi connectivity index (χ0v) is 16.3. The smallest absolute Gasteiger partial charge is 0.427 e. The van der Waals surface area contributed by atoms with Crippen molar-refractivity contribution in [3.63, 3.8) is 0 Å². The molecule has 0 amide bonds. The average molecular weight is 382 g/mol. The van der Waals surface area contributed by atoms with Gasteiger partial charge in [0.15, 0.2) is 5.78 Å². The molecule has 0 fully saturated rings. The van der Waals surface area contributed by atoms with E-state index in [9.17, 15) is 14.8 Å². The first-order chi connectivity index (χ1) is 13.4. The number of amidine groups is 1. The summed E-state index contributed by atoms with van der Waals surface area (Å²) < 4.78 is 0. The lowest BCUT2D eigenvalue weighted by atomic mass is 9.66. The van der Waals surface area contributed by atoms with Crippen LogP contribution in [0.4, 0.5) is 0 Å². The minimum atomic E-state index is -1.55. The Morgan fingerprint density at radius 1 is 1.21 bits per heavy atom. The molecule has 28 heavy (non-hydrogen) atoms. The third kappa shape index (κ3) is 6.86. The number of nitrogens with zero attached hydrogens (tertiary/aromatic N) is 3. The zero-order chi connectivity index (χ0) is 20.5. The van der Waals surface area contributed by atoms with Crippen LogP contribution in [-0.2, 0) is 11.2 Å². The highest BCUT2D eigenvalue weighted by Crippen LogP contribution is 2.25. The first-order valence-corrected chi connectivity index (χ1v) is 9.39. The van der Waals surface area contributed by atoms with E-state index < -0.39 is 19.0 Å². The molecule has 0 radical (unpaired) electrons. The Labute approximate surface area is 165 Å². The molecule has 0 bridgehead atoms. The highest BCUT2D eigenvalue weighted by atomic mass is 16.4. The number of benzene rings is 1. The molecule has 0 spiro atoms. The zero-order valence-electron chi connectivity index (χ0n) is 16.3. The number of rotatable bonds is 10.